The van der Waals surface area contributed by atoms with Gasteiger partial charge in [-0.15, -0.1) is 0 Å². The van der Waals surface area contributed by atoms with Gasteiger partial charge in [0.2, 0.25) is 0 Å². The lowest BCUT2D eigenvalue weighted by Gasteiger charge is -2.09. The van der Waals surface area contributed by atoms with Crippen molar-refractivity contribution in [3.8, 4) is 17.6 Å². The van der Waals surface area contributed by atoms with Crippen molar-refractivity contribution in [3.05, 3.63) is 20.6 Å². The van der Waals surface area contributed by atoms with E-state index in [-0.39, 0.29) is 5.75 Å². The maximum absolute atomic E-state index is 9.62. The van der Waals surface area contributed by atoms with Gasteiger partial charge in [-0.2, -0.15) is 5.26 Å². The normalized spacial score (nSPS) is 9.57. The van der Waals surface area contributed by atoms with E-state index in [1.807, 2.05) is 6.07 Å². The SMILES string of the molecule is CCOc1cc(C#N)c(Br)c(Br)c1O. The first-order chi connectivity index (χ1) is 6.61. The molecule has 0 aliphatic rings. The second kappa shape index (κ2) is 4.67. The van der Waals surface area contributed by atoms with Crippen LogP contribution in [0.15, 0.2) is 15.0 Å². The largest absolute Gasteiger partial charge is 0.503 e. The predicted octanol–water partition coefficient (Wildman–Crippen LogP) is 3.19. The lowest BCUT2D eigenvalue weighted by atomic mass is 10.2. The Balaban J connectivity index is 3.34. The Bertz CT molecular complexity index is 399. The molecule has 1 aromatic carbocycles. The Morgan fingerprint density at radius 2 is 2.14 bits per heavy atom. The number of hydrogen-bond acceptors (Lipinski definition) is 3. The van der Waals surface area contributed by atoms with Crippen molar-refractivity contribution < 1.29 is 9.84 Å². The van der Waals surface area contributed by atoms with E-state index in [0.29, 0.717) is 26.9 Å². The molecular formula is C9H7Br2NO2. The highest BCUT2D eigenvalue weighted by Crippen LogP contribution is 2.41. The number of halogens is 2. The van der Waals surface area contributed by atoms with Crippen LogP contribution in [-0.4, -0.2) is 11.7 Å². The fraction of sp³-hybridized carbons (Fsp3) is 0.222. The van der Waals surface area contributed by atoms with Gasteiger partial charge in [0.05, 0.1) is 21.1 Å². The van der Waals surface area contributed by atoms with E-state index in [1.165, 1.54) is 6.07 Å². The van der Waals surface area contributed by atoms with E-state index in [0.717, 1.165) is 0 Å². The summed E-state index contributed by atoms with van der Waals surface area (Å²) < 4.78 is 6.12. The number of rotatable bonds is 2. The van der Waals surface area contributed by atoms with E-state index in [4.69, 9.17) is 10.00 Å². The van der Waals surface area contributed by atoms with Crippen LogP contribution < -0.4 is 4.74 Å². The molecule has 0 radical (unpaired) electrons. The van der Waals surface area contributed by atoms with Gasteiger partial charge in [-0.05, 0) is 38.8 Å². The summed E-state index contributed by atoms with van der Waals surface area (Å²) in [6.07, 6.45) is 0. The summed E-state index contributed by atoms with van der Waals surface area (Å²) in [5.74, 6) is 0.303. The number of nitrogens with zero attached hydrogens (tertiary/aromatic N) is 1. The van der Waals surface area contributed by atoms with Crippen molar-refractivity contribution in [2.45, 2.75) is 6.92 Å². The zero-order valence-corrected chi connectivity index (χ0v) is 10.5. The maximum Gasteiger partial charge on any atom is 0.173 e. The van der Waals surface area contributed by atoms with Crippen molar-refractivity contribution in [1.29, 1.82) is 5.26 Å². The first-order valence-electron chi connectivity index (χ1n) is 3.85. The predicted molar refractivity (Wildman–Crippen MR) is 59.4 cm³/mol. The van der Waals surface area contributed by atoms with E-state index >= 15 is 0 Å². The molecule has 0 saturated heterocycles. The molecule has 0 amide bonds. The summed E-state index contributed by atoms with van der Waals surface area (Å²) in [5, 5.41) is 18.4. The zero-order valence-electron chi connectivity index (χ0n) is 7.34. The molecule has 74 valence electrons. The van der Waals surface area contributed by atoms with Crippen LogP contribution >= 0.6 is 31.9 Å². The Morgan fingerprint density at radius 3 is 2.64 bits per heavy atom. The van der Waals surface area contributed by atoms with Crippen molar-refractivity contribution >= 4 is 31.9 Å². The van der Waals surface area contributed by atoms with Crippen LogP contribution in [0, 0.1) is 11.3 Å². The molecule has 0 bridgehead atoms. The summed E-state index contributed by atoms with van der Waals surface area (Å²) >= 11 is 6.36. The molecule has 5 heteroatoms. The molecule has 0 heterocycles. The Morgan fingerprint density at radius 1 is 1.50 bits per heavy atom. The van der Waals surface area contributed by atoms with Crippen LogP contribution in [0.3, 0.4) is 0 Å². The molecule has 0 aliphatic heterocycles. The summed E-state index contributed by atoms with van der Waals surface area (Å²) in [6.45, 7) is 2.24. The molecule has 1 aromatic rings. The third-order valence-corrected chi connectivity index (χ3v) is 3.69. The second-order valence-corrected chi connectivity index (χ2v) is 4.03. The molecule has 1 rings (SSSR count). The van der Waals surface area contributed by atoms with Crippen LogP contribution in [0.1, 0.15) is 12.5 Å². The van der Waals surface area contributed by atoms with Gasteiger partial charge in [-0.1, -0.05) is 0 Å². The number of phenols is 1. The average Bonchev–Trinajstić information content (AvgIpc) is 2.19. The first kappa shape index (κ1) is 11.3. The molecule has 0 fully saturated rings. The Labute approximate surface area is 98.6 Å². The van der Waals surface area contributed by atoms with Crippen molar-refractivity contribution in [2.24, 2.45) is 0 Å². The van der Waals surface area contributed by atoms with Gasteiger partial charge in [-0.25, -0.2) is 0 Å². The quantitative estimate of drug-likeness (QED) is 0.910. The van der Waals surface area contributed by atoms with E-state index < -0.39 is 0 Å². The summed E-state index contributed by atoms with van der Waals surface area (Å²) in [5.41, 5.74) is 0.415. The molecule has 0 saturated carbocycles. The standard InChI is InChI=1S/C9H7Br2NO2/c1-2-14-6-3-5(4-12)7(10)8(11)9(6)13/h3,13H,2H2,1H3. The van der Waals surface area contributed by atoms with Gasteiger partial charge in [0, 0.05) is 6.07 Å². The van der Waals surface area contributed by atoms with Gasteiger partial charge in [0.25, 0.3) is 0 Å². The lowest BCUT2D eigenvalue weighted by Crippen LogP contribution is -1.94. The van der Waals surface area contributed by atoms with Crippen LogP contribution in [0.4, 0.5) is 0 Å². The van der Waals surface area contributed by atoms with Gasteiger partial charge < -0.3 is 9.84 Å². The Kier molecular flexibility index (Phi) is 3.78. The minimum Gasteiger partial charge on any atom is -0.503 e. The molecule has 0 atom stereocenters. The lowest BCUT2D eigenvalue weighted by molar-refractivity contribution is 0.317. The smallest absolute Gasteiger partial charge is 0.173 e. The molecule has 0 aromatic heterocycles. The number of benzene rings is 1. The number of hydrogen-bond donors (Lipinski definition) is 1. The molecule has 0 spiro atoms. The summed E-state index contributed by atoms with van der Waals surface area (Å²) in [4.78, 5) is 0. The van der Waals surface area contributed by atoms with Crippen molar-refractivity contribution in [3.63, 3.8) is 0 Å². The molecule has 3 nitrogen and oxygen atoms in total. The van der Waals surface area contributed by atoms with Gasteiger partial charge in [0.15, 0.2) is 11.5 Å². The fourth-order valence-corrected chi connectivity index (χ4v) is 1.74. The van der Waals surface area contributed by atoms with Crippen LogP contribution in [0.25, 0.3) is 0 Å². The Hall–Kier alpha value is -0.730. The highest BCUT2D eigenvalue weighted by Gasteiger charge is 2.14. The van der Waals surface area contributed by atoms with Crippen molar-refractivity contribution in [2.75, 3.05) is 6.61 Å². The average molecular weight is 321 g/mol. The number of nitriles is 1. The van der Waals surface area contributed by atoms with Gasteiger partial charge in [-0.3, -0.25) is 0 Å². The topological polar surface area (TPSA) is 53.2 Å². The van der Waals surface area contributed by atoms with E-state index in [9.17, 15) is 5.11 Å². The molecule has 0 unspecified atom stereocenters. The molecule has 1 N–H and O–H groups in total. The van der Waals surface area contributed by atoms with Crippen LogP contribution in [0.5, 0.6) is 11.5 Å². The number of ether oxygens (including phenoxy) is 1. The minimum absolute atomic E-state index is 0.00211. The van der Waals surface area contributed by atoms with Crippen LogP contribution in [-0.2, 0) is 0 Å². The number of phenolic OH excluding ortho intramolecular Hbond substituents is 1. The highest BCUT2D eigenvalue weighted by molar-refractivity contribution is 9.13. The van der Waals surface area contributed by atoms with Crippen LogP contribution in [0.2, 0.25) is 0 Å². The highest BCUT2D eigenvalue weighted by atomic mass is 79.9. The molecular weight excluding hydrogens is 314 g/mol. The monoisotopic (exact) mass is 319 g/mol. The maximum atomic E-state index is 9.62. The minimum atomic E-state index is -0.00211. The van der Waals surface area contributed by atoms with E-state index in [2.05, 4.69) is 31.9 Å². The first-order valence-corrected chi connectivity index (χ1v) is 5.44. The molecule has 0 aliphatic carbocycles. The zero-order chi connectivity index (χ0) is 10.7. The third-order valence-electron chi connectivity index (χ3n) is 1.57. The van der Waals surface area contributed by atoms with Crippen molar-refractivity contribution in [1.82, 2.24) is 0 Å². The molecule has 14 heavy (non-hydrogen) atoms. The van der Waals surface area contributed by atoms with Gasteiger partial charge >= 0.3 is 0 Å². The second-order valence-electron chi connectivity index (χ2n) is 2.44. The third kappa shape index (κ3) is 2.02. The van der Waals surface area contributed by atoms with E-state index in [1.54, 1.807) is 6.92 Å². The summed E-state index contributed by atoms with van der Waals surface area (Å²) in [6, 6.07) is 3.49. The fourth-order valence-electron chi connectivity index (χ4n) is 0.940. The summed E-state index contributed by atoms with van der Waals surface area (Å²) in [7, 11) is 0. The number of aromatic hydroxyl groups is 1. The van der Waals surface area contributed by atoms with Gasteiger partial charge in [0.1, 0.15) is 6.07 Å².